The molecule has 1 heterocycles. The number of nitrogens with two attached hydrogens (primary N) is 1. The quantitative estimate of drug-likeness (QED) is 0.592. The summed E-state index contributed by atoms with van der Waals surface area (Å²) >= 11 is 0. The molecule has 1 aromatic rings. The van der Waals surface area contributed by atoms with Crippen molar-refractivity contribution in [2.24, 2.45) is 16.6 Å². The number of hydrogen-bond acceptors (Lipinski definition) is 3. The lowest BCUT2D eigenvalue weighted by atomic mass is 10.0. The first-order valence-corrected chi connectivity index (χ1v) is 8.99. The Kier molecular flexibility index (Phi) is 7.22. The number of hydrogen-bond donors (Lipinski definition) is 2. The number of rotatable bonds is 7. The van der Waals surface area contributed by atoms with Gasteiger partial charge >= 0.3 is 0 Å². The van der Waals surface area contributed by atoms with Crippen molar-refractivity contribution in [1.82, 2.24) is 5.32 Å². The number of benzene rings is 1. The highest BCUT2D eigenvalue weighted by molar-refractivity contribution is 5.78. The molecule has 2 rings (SSSR count). The van der Waals surface area contributed by atoms with Crippen molar-refractivity contribution in [3.8, 4) is 11.5 Å². The summed E-state index contributed by atoms with van der Waals surface area (Å²) in [7, 11) is 0. The van der Waals surface area contributed by atoms with E-state index in [1.54, 1.807) is 0 Å². The minimum atomic E-state index is 0.344. The molecule has 1 aliphatic rings. The van der Waals surface area contributed by atoms with Crippen LogP contribution in [-0.4, -0.2) is 25.2 Å². The van der Waals surface area contributed by atoms with Crippen LogP contribution in [0.15, 0.2) is 23.2 Å². The summed E-state index contributed by atoms with van der Waals surface area (Å²) in [6, 6.07) is 6.29. The Morgan fingerprint density at radius 2 is 1.92 bits per heavy atom. The third-order valence-electron chi connectivity index (χ3n) is 4.06. The van der Waals surface area contributed by atoms with E-state index in [2.05, 4.69) is 31.1 Å². The fraction of sp³-hybridized carbons (Fsp3) is 0.632. The Balaban J connectivity index is 1.82. The molecule has 3 N–H and O–H groups in total. The van der Waals surface area contributed by atoms with Crippen molar-refractivity contribution in [2.45, 2.75) is 59.0 Å². The van der Waals surface area contributed by atoms with Gasteiger partial charge in [0.1, 0.15) is 0 Å². The fourth-order valence-electron chi connectivity index (χ4n) is 2.69. The average molecular weight is 333 g/mol. The van der Waals surface area contributed by atoms with Crippen LogP contribution in [-0.2, 0) is 6.54 Å². The second-order valence-electron chi connectivity index (χ2n) is 6.90. The highest BCUT2D eigenvalue weighted by Crippen LogP contribution is 2.30. The molecule has 5 nitrogen and oxygen atoms in total. The zero-order chi connectivity index (χ0) is 17.4. The highest BCUT2D eigenvalue weighted by Gasteiger charge is 2.10. The van der Waals surface area contributed by atoms with Crippen LogP contribution >= 0.6 is 0 Å². The topological polar surface area (TPSA) is 68.9 Å². The first-order valence-electron chi connectivity index (χ1n) is 8.99. The van der Waals surface area contributed by atoms with Gasteiger partial charge in [-0.15, -0.1) is 0 Å². The first-order chi connectivity index (χ1) is 11.5. The molecule has 134 valence electrons. The predicted octanol–water partition coefficient (Wildman–Crippen LogP) is 3.47. The third-order valence-corrected chi connectivity index (χ3v) is 4.06. The molecule has 0 aromatic heterocycles. The van der Waals surface area contributed by atoms with E-state index in [1.165, 1.54) is 12.8 Å². The Labute approximate surface area is 145 Å². The summed E-state index contributed by atoms with van der Waals surface area (Å²) in [5.41, 5.74) is 7.07. The molecule has 0 fully saturated rings. The predicted molar refractivity (Wildman–Crippen MR) is 98.7 cm³/mol. The van der Waals surface area contributed by atoms with E-state index in [-0.39, 0.29) is 0 Å². The fourth-order valence-corrected chi connectivity index (χ4v) is 2.69. The Bertz CT molecular complexity index is 543. The number of ether oxygens (including phenoxy) is 2. The molecule has 1 aliphatic heterocycles. The molecular weight excluding hydrogens is 302 g/mol. The maximum Gasteiger partial charge on any atom is 0.189 e. The van der Waals surface area contributed by atoms with Gasteiger partial charge in [-0.1, -0.05) is 32.8 Å². The molecule has 0 radical (unpaired) electrons. The molecular formula is C19H31N3O2. The van der Waals surface area contributed by atoms with Gasteiger partial charge in [0, 0.05) is 12.5 Å². The van der Waals surface area contributed by atoms with Crippen molar-refractivity contribution in [1.29, 1.82) is 0 Å². The maximum atomic E-state index is 6.00. The normalized spacial score (nSPS) is 15.9. The summed E-state index contributed by atoms with van der Waals surface area (Å²) in [6.07, 6.45) is 4.48. The van der Waals surface area contributed by atoms with E-state index >= 15 is 0 Å². The molecule has 0 aliphatic carbocycles. The van der Waals surface area contributed by atoms with E-state index in [0.717, 1.165) is 35.8 Å². The molecule has 24 heavy (non-hydrogen) atoms. The Hall–Kier alpha value is -1.91. The van der Waals surface area contributed by atoms with Crippen LogP contribution in [0, 0.1) is 5.92 Å². The Morgan fingerprint density at radius 3 is 2.67 bits per heavy atom. The molecule has 0 saturated heterocycles. The van der Waals surface area contributed by atoms with Crippen LogP contribution in [0.25, 0.3) is 0 Å². The van der Waals surface area contributed by atoms with Crippen molar-refractivity contribution < 1.29 is 9.47 Å². The first kappa shape index (κ1) is 18.4. The average Bonchev–Trinajstić information content (AvgIpc) is 2.77. The highest BCUT2D eigenvalue weighted by atomic mass is 16.5. The standard InChI is InChI=1S/C19H31N3O2/c1-14(2)6-4-7-15(3)22-19(20)21-13-16-8-9-17-18(12-16)24-11-5-10-23-17/h8-9,12,14-15H,4-7,10-11,13H2,1-3H3,(H3,20,21,22). The molecule has 0 spiro atoms. The second-order valence-corrected chi connectivity index (χ2v) is 6.90. The van der Waals surface area contributed by atoms with Gasteiger partial charge in [-0.3, -0.25) is 0 Å². The zero-order valence-electron chi connectivity index (χ0n) is 15.2. The van der Waals surface area contributed by atoms with Crippen LogP contribution in [0.3, 0.4) is 0 Å². The van der Waals surface area contributed by atoms with Gasteiger partial charge in [0.25, 0.3) is 0 Å². The molecule has 0 bridgehead atoms. The maximum absolute atomic E-state index is 6.00. The molecule has 1 unspecified atom stereocenters. The monoisotopic (exact) mass is 333 g/mol. The van der Waals surface area contributed by atoms with Crippen LogP contribution in [0.4, 0.5) is 0 Å². The minimum absolute atomic E-state index is 0.344. The lowest BCUT2D eigenvalue weighted by Crippen LogP contribution is -2.38. The zero-order valence-corrected chi connectivity index (χ0v) is 15.2. The van der Waals surface area contributed by atoms with Gasteiger partial charge in [0.15, 0.2) is 17.5 Å². The summed E-state index contributed by atoms with van der Waals surface area (Å²) < 4.78 is 11.3. The van der Waals surface area contributed by atoms with Crippen molar-refractivity contribution in [3.63, 3.8) is 0 Å². The number of nitrogens with zero attached hydrogens (tertiary/aromatic N) is 1. The van der Waals surface area contributed by atoms with Crippen LogP contribution in [0.5, 0.6) is 11.5 Å². The van der Waals surface area contributed by atoms with Crippen molar-refractivity contribution in [3.05, 3.63) is 23.8 Å². The van der Waals surface area contributed by atoms with Crippen LogP contribution < -0.4 is 20.5 Å². The SMILES string of the molecule is CC(C)CCCC(C)NC(N)=NCc1ccc2c(c1)OCCCO2. The number of fused-ring (bicyclic) bond motifs is 1. The summed E-state index contributed by atoms with van der Waals surface area (Å²) in [5.74, 6) is 2.86. The smallest absolute Gasteiger partial charge is 0.189 e. The van der Waals surface area contributed by atoms with Gasteiger partial charge in [-0.05, 0) is 37.0 Å². The van der Waals surface area contributed by atoms with E-state index in [0.29, 0.717) is 31.8 Å². The molecule has 5 heteroatoms. The van der Waals surface area contributed by atoms with E-state index in [1.807, 2.05) is 18.2 Å². The number of guanidine groups is 1. The summed E-state index contributed by atoms with van der Waals surface area (Å²) in [4.78, 5) is 4.44. The molecule has 0 amide bonds. The van der Waals surface area contributed by atoms with Crippen molar-refractivity contribution in [2.75, 3.05) is 13.2 Å². The lowest BCUT2D eigenvalue weighted by molar-refractivity contribution is 0.297. The molecule has 1 aromatic carbocycles. The van der Waals surface area contributed by atoms with Crippen LogP contribution in [0.1, 0.15) is 52.0 Å². The van der Waals surface area contributed by atoms with E-state index in [9.17, 15) is 0 Å². The molecule has 0 saturated carbocycles. The number of aliphatic imine (C=N–C) groups is 1. The van der Waals surface area contributed by atoms with Gasteiger partial charge < -0.3 is 20.5 Å². The molecule has 1 atom stereocenters. The van der Waals surface area contributed by atoms with Crippen molar-refractivity contribution >= 4 is 5.96 Å². The lowest BCUT2D eigenvalue weighted by Gasteiger charge is -2.15. The second kappa shape index (κ2) is 9.40. The van der Waals surface area contributed by atoms with Gasteiger partial charge in [0.2, 0.25) is 0 Å². The van der Waals surface area contributed by atoms with Crippen LogP contribution in [0.2, 0.25) is 0 Å². The Morgan fingerprint density at radius 1 is 1.17 bits per heavy atom. The van der Waals surface area contributed by atoms with Gasteiger partial charge in [0.05, 0.1) is 19.8 Å². The number of nitrogens with one attached hydrogen (secondary N) is 1. The third kappa shape index (κ3) is 6.30. The van der Waals surface area contributed by atoms with E-state index in [4.69, 9.17) is 15.2 Å². The van der Waals surface area contributed by atoms with Gasteiger partial charge in [-0.2, -0.15) is 0 Å². The largest absolute Gasteiger partial charge is 0.490 e. The van der Waals surface area contributed by atoms with E-state index < -0.39 is 0 Å². The summed E-state index contributed by atoms with van der Waals surface area (Å²) in [6.45, 7) is 8.59. The summed E-state index contributed by atoms with van der Waals surface area (Å²) in [5, 5.41) is 3.27. The minimum Gasteiger partial charge on any atom is -0.490 e. The van der Waals surface area contributed by atoms with Gasteiger partial charge in [-0.25, -0.2) is 4.99 Å².